The summed E-state index contributed by atoms with van der Waals surface area (Å²) < 4.78 is 65.8. The molecule has 1 amide bonds. The molecule has 2 heterocycles. The van der Waals surface area contributed by atoms with E-state index in [0.717, 1.165) is 19.3 Å². The van der Waals surface area contributed by atoms with E-state index in [-0.39, 0.29) is 25.4 Å². The van der Waals surface area contributed by atoms with E-state index in [4.69, 9.17) is 17.4 Å². The lowest BCUT2D eigenvalue weighted by atomic mass is 10.2. The van der Waals surface area contributed by atoms with Crippen molar-refractivity contribution in [3.63, 3.8) is 0 Å². The van der Waals surface area contributed by atoms with Gasteiger partial charge in [0, 0.05) is 13.1 Å². The number of carbonyl (C=O) groups is 1. The van der Waals surface area contributed by atoms with Gasteiger partial charge in [-0.15, -0.1) is 10.2 Å². The Labute approximate surface area is 191 Å². The summed E-state index contributed by atoms with van der Waals surface area (Å²) in [7, 11) is -3.75. The van der Waals surface area contributed by atoms with Crippen molar-refractivity contribution in [2.75, 3.05) is 24.2 Å². The molecule has 32 heavy (non-hydrogen) atoms. The van der Waals surface area contributed by atoms with Gasteiger partial charge < -0.3 is 11.2 Å². The van der Waals surface area contributed by atoms with Gasteiger partial charge in [0.1, 0.15) is 0 Å². The van der Waals surface area contributed by atoms with Crippen molar-refractivity contribution in [2.45, 2.75) is 47.7 Å². The van der Waals surface area contributed by atoms with Crippen LogP contribution in [0.5, 0.6) is 0 Å². The van der Waals surface area contributed by atoms with Crippen LogP contribution in [0.2, 0.25) is 5.02 Å². The third-order valence-electron chi connectivity index (χ3n) is 4.72. The second-order valence-electron chi connectivity index (χ2n) is 7.03. The lowest BCUT2D eigenvalue weighted by Gasteiger charge is -2.26. The number of carbonyl (C=O) groups excluding carboxylic acids is 1. The highest BCUT2D eigenvalue weighted by molar-refractivity contribution is 8.00. The van der Waals surface area contributed by atoms with Crippen LogP contribution >= 0.6 is 23.4 Å². The van der Waals surface area contributed by atoms with Crippen LogP contribution in [-0.2, 0) is 21.0 Å². The van der Waals surface area contributed by atoms with Gasteiger partial charge in [0.15, 0.2) is 0 Å². The summed E-state index contributed by atoms with van der Waals surface area (Å²) in [4.78, 5) is 12.6. The molecule has 1 aliphatic rings. The van der Waals surface area contributed by atoms with E-state index in [1.54, 1.807) is 0 Å². The average molecular weight is 513 g/mol. The first-order valence-electron chi connectivity index (χ1n) is 9.46. The summed E-state index contributed by atoms with van der Waals surface area (Å²) >= 11 is 6.77. The maximum absolute atomic E-state index is 12.9. The van der Waals surface area contributed by atoms with E-state index in [9.17, 15) is 26.4 Å². The molecular weight excluding hydrogens is 493 g/mol. The van der Waals surface area contributed by atoms with Gasteiger partial charge in [0.2, 0.25) is 21.1 Å². The molecule has 1 fully saturated rings. The molecule has 3 rings (SSSR count). The van der Waals surface area contributed by atoms with Crippen LogP contribution in [-0.4, -0.2) is 51.8 Å². The molecular formula is C17H20ClF3N6O3S2. The van der Waals surface area contributed by atoms with E-state index in [0.29, 0.717) is 24.9 Å². The van der Waals surface area contributed by atoms with E-state index < -0.39 is 33.2 Å². The van der Waals surface area contributed by atoms with Crippen LogP contribution in [0.15, 0.2) is 28.3 Å². The van der Waals surface area contributed by atoms with Crippen molar-refractivity contribution in [1.29, 1.82) is 0 Å². The third-order valence-corrected chi connectivity index (χ3v) is 8.00. The number of amides is 1. The summed E-state index contributed by atoms with van der Waals surface area (Å²) in [6, 6.07) is 3.97. The number of hydrogen-bond acceptors (Lipinski definition) is 7. The number of benzene rings is 1. The number of aromatic nitrogens is 3. The lowest BCUT2D eigenvalue weighted by molar-refractivity contribution is -0.146. The number of sulfonamides is 1. The van der Waals surface area contributed by atoms with Crippen molar-refractivity contribution in [3.05, 3.63) is 29.0 Å². The molecule has 3 N–H and O–H groups in total. The predicted octanol–water partition coefficient (Wildman–Crippen LogP) is 2.96. The highest BCUT2D eigenvalue weighted by atomic mass is 35.5. The molecule has 1 aromatic heterocycles. The molecule has 0 spiro atoms. The highest BCUT2D eigenvalue weighted by Crippen LogP contribution is 2.32. The predicted molar refractivity (Wildman–Crippen MR) is 113 cm³/mol. The maximum atomic E-state index is 12.9. The molecule has 1 unspecified atom stereocenters. The first kappa shape index (κ1) is 24.6. The summed E-state index contributed by atoms with van der Waals surface area (Å²) in [5, 5.41) is 7.72. The number of rotatable bonds is 6. The summed E-state index contributed by atoms with van der Waals surface area (Å²) in [5.41, 5.74) is 0.0624. The molecule has 1 saturated heterocycles. The Balaban J connectivity index is 1.75. The van der Waals surface area contributed by atoms with Crippen molar-refractivity contribution < 1.29 is 26.4 Å². The second-order valence-corrected chi connectivity index (χ2v) is 10.7. The minimum absolute atomic E-state index is 0.0177. The number of thioether (sulfide) groups is 1. The van der Waals surface area contributed by atoms with Gasteiger partial charge >= 0.3 is 6.18 Å². The van der Waals surface area contributed by atoms with Crippen LogP contribution < -0.4 is 11.2 Å². The van der Waals surface area contributed by atoms with Gasteiger partial charge in [-0.1, -0.05) is 29.8 Å². The van der Waals surface area contributed by atoms with Gasteiger partial charge in [0.25, 0.3) is 5.82 Å². The smallest absolute Gasteiger partial charge is 0.335 e. The number of nitrogens with one attached hydrogen (secondary N) is 1. The molecule has 0 aliphatic carbocycles. The Morgan fingerprint density at radius 3 is 2.50 bits per heavy atom. The topological polar surface area (TPSA) is 123 Å². The number of nitrogen functional groups attached to an aromatic ring is 1. The van der Waals surface area contributed by atoms with Gasteiger partial charge in [0.05, 0.1) is 20.9 Å². The summed E-state index contributed by atoms with van der Waals surface area (Å²) in [6.07, 6.45) is -2.29. The first-order chi connectivity index (χ1) is 14.9. The molecule has 0 radical (unpaired) electrons. The van der Waals surface area contributed by atoms with E-state index in [1.807, 2.05) is 0 Å². The first-order valence-corrected chi connectivity index (χ1v) is 12.2. The van der Waals surface area contributed by atoms with Crippen molar-refractivity contribution >= 4 is 45.0 Å². The zero-order valence-electron chi connectivity index (χ0n) is 16.8. The number of hydrogen-bond donors (Lipinski definition) is 2. The van der Waals surface area contributed by atoms with Gasteiger partial charge in [-0.05, 0) is 38.0 Å². The Kier molecular flexibility index (Phi) is 7.27. The van der Waals surface area contributed by atoms with Crippen LogP contribution in [0.1, 0.15) is 32.0 Å². The second kappa shape index (κ2) is 9.45. The van der Waals surface area contributed by atoms with Gasteiger partial charge in [-0.25, -0.2) is 13.1 Å². The van der Waals surface area contributed by atoms with Gasteiger partial charge in [-0.2, -0.15) is 17.5 Å². The van der Waals surface area contributed by atoms with Gasteiger partial charge in [-0.3, -0.25) is 4.79 Å². The Hall–Kier alpha value is -2.03. The Morgan fingerprint density at radius 2 is 1.91 bits per heavy atom. The maximum Gasteiger partial charge on any atom is 0.453 e. The molecule has 1 atom stereocenters. The monoisotopic (exact) mass is 512 g/mol. The number of halogens is 4. The SMILES string of the molecule is CC(Sc1nnc(C(F)(F)F)n1N)C(=O)Nc1cc(S(=O)(=O)N2CCCCC2)ccc1Cl. The third kappa shape index (κ3) is 5.30. The fourth-order valence-electron chi connectivity index (χ4n) is 3.01. The van der Waals surface area contributed by atoms with Crippen LogP contribution in [0.25, 0.3) is 0 Å². The minimum Gasteiger partial charge on any atom is -0.335 e. The fraction of sp³-hybridized carbons (Fsp3) is 0.471. The largest absolute Gasteiger partial charge is 0.453 e. The van der Waals surface area contributed by atoms with Crippen molar-refractivity contribution in [1.82, 2.24) is 19.2 Å². The highest BCUT2D eigenvalue weighted by Gasteiger charge is 2.38. The molecule has 1 aromatic carbocycles. The van der Waals surface area contributed by atoms with Crippen molar-refractivity contribution in [3.8, 4) is 0 Å². The summed E-state index contributed by atoms with van der Waals surface area (Å²) in [6.45, 7) is 2.25. The fourth-order valence-corrected chi connectivity index (χ4v) is 5.49. The number of nitrogens with zero attached hydrogens (tertiary/aromatic N) is 4. The number of piperidine rings is 1. The van der Waals surface area contributed by atoms with Crippen LogP contribution in [0.3, 0.4) is 0 Å². The van der Waals surface area contributed by atoms with Crippen LogP contribution in [0, 0.1) is 0 Å². The standard InChI is InChI=1S/C17H20ClF3N6O3S2/c1-10(31-16-25-24-15(27(16)22)17(19,20)21)14(28)23-13-9-11(5-6-12(13)18)32(29,30)26-7-3-2-4-8-26/h5-6,9-10H,2-4,7-8,22H2,1H3,(H,23,28). The zero-order valence-corrected chi connectivity index (χ0v) is 19.2. The molecule has 176 valence electrons. The minimum atomic E-state index is -4.79. The molecule has 2 aromatic rings. The van der Waals surface area contributed by atoms with Crippen LogP contribution in [0.4, 0.5) is 18.9 Å². The Bertz CT molecular complexity index is 1100. The normalized spacial score (nSPS) is 16.7. The summed E-state index contributed by atoms with van der Waals surface area (Å²) in [5.74, 6) is 3.34. The lowest BCUT2D eigenvalue weighted by Crippen LogP contribution is -2.35. The van der Waals surface area contributed by atoms with E-state index in [2.05, 4.69) is 15.5 Å². The number of alkyl halides is 3. The molecule has 15 heteroatoms. The zero-order chi connectivity index (χ0) is 23.7. The van der Waals surface area contributed by atoms with E-state index in [1.165, 1.54) is 29.4 Å². The quantitative estimate of drug-likeness (QED) is 0.450. The number of nitrogens with two attached hydrogens (primary N) is 1. The molecule has 1 aliphatic heterocycles. The van der Waals surface area contributed by atoms with Crippen molar-refractivity contribution in [2.24, 2.45) is 0 Å². The van der Waals surface area contributed by atoms with E-state index >= 15 is 0 Å². The Morgan fingerprint density at radius 1 is 1.25 bits per heavy atom. The molecule has 0 saturated carbocycles. The molecule has 0 bridgehead atoms. The molecule has 9 nitrogen and oxygen atoms in total. The average Bonchev–Trinajstić information content (AvgIpc) is 3.10. The number of anilines is 1.